The number of alkyl halides is 3. The van der Waals surface area contributed by atoms with Crippen LogP contribution in [0.25, 0.3) is 0 Å². The molecule has 0 radical (unpaired) electrons. The van der Waals surface area contributed by atoms with E-state index < -0.39 is 23.6 Å². The third kappa shape index (κ3) is 10.8. The van der Waals surface area contributed by atoms with Gasteiger partial charge in [-0.05, 0) is 87.3 Å². The molecule has 3 saturated heterocycles. The zero-order chi connectivity index (χ0) is 39.8. The van der Waals surface area contributed by atoms with Gasteiger partial charge in [0.25, 0.3) is 0 Å². The van der Waals surface area contributed by atoms with Crippen molar-refractivity contribution < 1.29 is 31.9 Å². The Morgan fingerprint density at radius 2 is 1.70 bits per heavy atom. The van der Waals surface area contributed by atoms with Crippen LogP contribution in [-0.2, 0) is 15.8 Å². The van der Waals surface area contributed by atoms with Crippen molar-refractivity contribution in [1.29, 1.82) is 0 Å². The van der Waals surface area contributed by atoms with Crippen molar-refractivity contribution in [2.45, 2.75) is 87.7 Å². The third-order valence-electron chi connectivity index (χ3n) is 10.9. The van der Waals surface area contributed by atoms with Gasteiger partial charge in [0.05, 0.1) is 18.7 Å². The number of likely N-dealkylation sites (N-methyl/N-ethyl adjacent to an activating group) is 1. The van der Waals surface area contributed by atoms with E-state index in [0.717, 1.165) is 55.8 Å². The Labute approximate surface area is 330 Å². The smallest absolute Gasteiger partial charge is 0.421 e. The number of nitrogens with one attached hydrogen (secondary N) is 3. The van der Waals surface area contributed by atoms with Gasteiger partial charge < -0.3 is 24.8 Å². The molecular weight excluding hydrogens is 749 g/mol. The Balaban J connectivity index is 0.000000208. The Morgan fingerprint density at radius 1 is 0.929 bits per heavy atom. The lowest BCUT2D eigenvalue weighted by atomic mass is 9.90. The van der Waals surface area contributed by atoms with Crippen LogP contribution in [0.4, 0.5) is 40.7 Å². The number of piperidine rings is 2. The number of benzene rings is 2. The minimum Gasteiger partial charge on any atom is -0.495 e. The normalized spacial score (nSPS) is 21.3. The van der Waals surface area contributed by atoms with Crippen LogP contribution in [0.15, 0.2) is 47.5 Å². The standard InChI is InChI=1S/C24H32F3N5OS.C16H20FN3O2/c1-16-7-6-12-32(15-16)22-19(24(25,26)27)14-28-23(30-22)29-20-11-10-18(13-21(20)33-2)34-31-17-8-4-3-5-9-17;1-19-6-8-20(9-7-19)11-2-3-12(14(17)10-11)13-4-5-15(21)18-16(13)22/h10-11,13-14,16-17,31H,3-9,12,15H2,1-2H3,(H,28,29,30);2-3,10,13H,4-9H2,1H3,(H,18,21,22). The third-order valence-corrected chi connectivity index (χ3v) is 11.8. The summed E-state index contributed by atoms with van der Waals surface area (Å²) in [6, 6.07) is 11.3. The van der Waals surface area contributed by atoms with Crippen molar-refractivity contribution >= 4 is 46.9 Å². The number of rotatable bonds is 9. The lowest BCUT2D eigenvalue weighted by molar-refractivity contribution is -0.138. The quantitative estimate of drug-likeness (QED) is 0.114. The lowest BCUT2D eigenvalue weighted by Gasteiger charge is -2.34. The summed E-state index contributed by atoms with van der Waals surface area (Å²) in [6.45, 7) is 6.79. The summed E-state index contributed by atoms with van der Waals surface area (Å²) in [7, 11) is 3.64. The monoisotopic (exact) mass is 800 g/mol. The van der Waals surface area contributed by atoms with Crippen molar-refractivity contribution in [2.75, 3.05) is 68.5 Å². The fraction of sp³-hybridized carbons (Fsp3) is 0.550. The predicted molar refractivity (Wildman–Crippen MR) is 211 cm³/mol. The Bertz CT molecular complexity index is 1820. The first-order valence-corrected chi connectivity index (χ1v) is 20.3. The maximum Gasteiger partial charge on any atom is 0.421 e. The summed E-state index contributed by atoms with van der Waals surface area (Å²) in [5.74, 6) is -0.691. The van der Waals surface area contributed by atoms with Crippen LogP contribution in [0.3, 0.4) is 0 Å². The molecule has 2 amide bonds. The van der Waals surface area contributed by atoms with E-state index in [1.165, 1.54) is 38.2 Å². The van der Waals surface area contributed by atoms with E-state index in [9.17, 15) is 27.2 Å². The number of carbonyl (C=O) groups excluding carboxylic acids is 2. The zero-order valence-electron chi connectivity index (χ0n) is 32.3. The number of amides is 2. The lowest BCUT2D eigenvalue weighted by Crippen LogP contribution is -2.44. The van der Waals surface area contributed by atoms with Gasteiger partial charge in [-0.25, -0.2) is 9.37 Å². The molecule has 304 valence electrons. The van der Waals surface area contributed by atoms with Crippen LogP contribution in [0.1, 0.15) is 81.8 Å². The number of nitrogens with zero attached hydrogens (tertiary/aromatic N) is 5. The molecule has 1 aromatic heterocycles. The van der Waals surface area contributed by atoms with E-state index >= 15 is 0 Å². The van der Waals surface area contributed by atoms with Crippen molar-refractivity contribution in [3.8, 4) is 5.75 Å². The topological polar surface area (TPSA) is 115 Å². The van der Waals surface area contributed by atoms with E-state index in [-0.39, 0.29) is 29.9 Å². The van der Waals surface area contributed by atoms with Gasteiger partial charge in [0, 0.05) is 74.1 Å². The first-order chi connectivity index (χ1) is 26.9. The second kappa shape index (κ2) is 18.9. The molecule has 1 saturated carbocycles. The number of hydrogen-bond donors (Lipinski definition) is 3. The Kier molecular flexibility index (Phi) is 14.0. The van der Waals surface area contributed by atoms with E-state index in [2.05, 4.69) is 42.2 Å². The number of carbonyl (C=O) groups is 2. The van der Waals surface area contributed by atoms with Crippen LogP contribution in [0.5, 0.6) is 5.75 Å². The number of aromatic nitrogens is 2. The van der Waals surface area contributed by atoms with Gasteiger partial charge in [-0.3, -0.25) is 19.6 Å². The molecule has 3 N–H and O–H groups in total. The second-order valence-electron chi connectivity index (χ2n) is 15.2. The van der Waals surface area contributed by atoms with Crippen LogP contribution in [-0.4, -0.2) is 86.2 Å². The summed E-state index contributed by atoms with van der Waals surface area (Å²) in [4.78, 5) is 38.4. The van der Waals surface area contributed by atoms with Crippen LogP contribution in [0, 0.1) is 11.7 Å². The molecule has 2 atom stereocenters. The number of piperazine rings is 1. The number of ether oxygens (including phenoxy) is 1. The van der Waals surface area contributed by atoms with Crippen molar-refractivity contribution in [1.82, 2.24) is 24.9 Å². The highest BCUT2D eigenvalue weighted by molar-refractivity contribution is 7.97. The zero-order valence-corrected chi connectivity index (χ0v) is 33.1. The maximum atomic E-state index is 14.4. The summed E-state index contributed by atoms with van der Waals surface area (Å²) < 4.78 is 64.5. The van der Waals surface area contributed by atoms with Gasteiger partial charge >= 0.3 is 6.18 Å². The number of halogens is 4. The molecule has 4 fully saturated rings. The molecular formula is C40H52F4N8O3S. The summed E-state index contributed by atoms with van der Waals surface area (Å²) >= 11 is 1.58. The molecule has 16 heteroatoms. The van der Waals surface area contributed by atoms with Gasteiger partial charge in [0.15, 0.2) is 0 Å². The molecule has 3 aliphatic heterocycles. The van der Waals surface area contributed by atoms with Gasteiger partial charge in [-0.15, -0.1) is 0 Å². The van der Waals surface area contributed by atoms with Crippen molar-refractivity contribution in [3.05, 3.63) is 59.5 Å². The molecule has 56 heavy (non-hydrogen) atoms. The van der Waals surface area contributed by atoms with E-state index in [4.69, 9.17) is 4.74 Å². The minimum absolute atomic E-state index is 0.0700. The fourth-order valence-electron chi connectivity index (χ4n) is 7.64. The van der Waals surface area contributed by atoms with Crippen LogP contribution < -0.4 is 29.9 Å². The molecule has 7 rings (SSSR count). The highest BCUT2D eigenvalue weighted by Gasteiger charge is 2.38. The molecule has 11 nitrogen and oxygen atoms in total. The van der Waals surface area contributed by atoms with Crippen LogP contribution in [0.2, 0.25) is 0 Å². The summed E-state index contributed by atoms with van der Waals surface area (Å²) in [5.41, 5.74) is 1.02. The van der Waals surface area contributed by atoms with Crippen molar-refractivity contribution in [3.63, 3.8) is 0 Å². The number of hydrogen-bond acceptors (Lipinski definition) is 11. The first-order valence-electron chi connectivity index (χ1n) is 19.5. The summed E-state index contributed by atoms with van der Waals surface area (Å²) in [5, 5.41) is 5.33. The van der Waals surface area contributed by atoms with Crippen LogP contribution >= 0.6 is 11.9 Å². The Morgan fingerprint density at radius 3 is 2.38 bits per heavy atom. The molecule has 0 spiro atoms. The second-order valence-corrected chi connectivity index (χ2v) is 16.1. The minimum atomic E-state index is -4.52. The van der Waals surface area contributed by atoms with Gasteiger partial charge in [0.2, 0.25) is 17.8 Å². The number of methoxy groups -OCH3 is 1. The van der Waals surface area contributed by atoms with Crippen molar-refractivity contribution in [2.24, 2.45) is 5.92 Å². The molecule has 2 aromatic carbocycles. The average Bonchev–Trinajstić information content (AvgIpc) is 3.18. The number of anilines is 4. The van der Waals surface area contributed by atoms with Gasteiger partial charge in [0.1, 0.15) is 22.9 Å². The van der Waals surface area contributed by atoms with E-state index in [0.29, 0.717) is 48.5 Å². The number of imide groups is 1. The molecule has 4 aliphatic rings. The largest absolute Gasteiger partial charge is 0.495 e. The highest BCUT2D eigenvalue weighted by Crippen LogP contribution is 2.38. The maximum absolute atomic E-state index is 14.4. The molecule has 3 aromatic rings. The van der Waals surface area contributed by atoms with E-state index in [1.807, 2.05) is 31.2 Å². The molecule has 4 heterocycles. The highest BCUT2D eigenvalue weighted by atomic mass is 32.2. The SMILES string of the molecule is CN1CCN(c2ccc(C3CCC(=O)NC3=O)c(F)c2)CC1.COc1cc(SNC2CCCCC2)ccc1Nc1ncc(C(F)(F)F)c(N2CCCC(C)C2)n1. The predicted octanol–water partition coefficient (Wildman–Crippen LogP) is 7.51. The summed E-state index contributed by atoms with van der Waals surface area (Å²) in [6.07, 6.45) is 5.03. The molecule has 2 unspecified atom stereocenters. The fourth-order valence-corrected chi connectivity index (χ4v) is 8.48. The first kappa shape index (κ1) is 41.5. The molecule has 1 aliphatic carbocycles. The molecule has 0 bridgehead atoms. The average molecular weight is 801 g/mol. The Hall–Kier alpha value is -4.15. The van der Waals surface area contributed by atoms with Gasteiger partial charge in [-0.1, -0.05) is 32.3 Å². The van der Waals surface area contributed by atoms with E-state index in [1.54, 1.807) is 30.0 Å². The van der Waals surface area contributed by atoms with Gasteiger partial charge in [-0.2, -0.15) is 18.2 Å².